The number of aromatic amines is 1. The van der Waals surface area contributed by atoms with E-state index in [1.165, 1.54) is 0 Å². The minimum atomic E-state index is -5.08. The summed E-state index contributed by atoms with van der Waals surface area (Å²) in [7, 11) is 2.06. The number of nitrogens with zero attached hydrogens (tertiary/aromatic N) is 4. The molecule has 0 saturated carbocycles. The molecular formula is C18H23F6N5O6. The van der Waals surface area contributed by atoms with Gasteiger partial charge in [0.25, 0.3) is 5.91 Å². The highest BCUT2D eigenvalue weighted by atomic mass is 19.4. The Morgan fingerprint density at radius 2 is 1.31 bits per heavy atom. The number of fused-ring (bicyclic) bond motifs is 1. The Balaban J connectivity index is 0.000000362. The molecule has 0 radical (unpaired) electrons. The van der Waals surface area contributed by atoms with Gasteiger partial charge in [0.05, 0.1) is 0 Å². The summed E-state index contributed by atoms with van der Waals surface area (Å²) in [6.07, 6.45) is -9.43. The van der Waals surface area contributed by atoms with Crippen molar-refractivity contribution in [3.63, 3.8) is 0 Å². The molecule has 2 amide bonds. The lowest BCUT2D eigenvalue weighted by molar-refractivity contribution is -0.193. The van der Waals surface area contributed by atoms with E-state index in [1.807, 2.05) is 4.90 Å². The number of amides is 2. The molecule has 0 aliphatic carbocycles. The van der Waals surface area contributed by atoms with E-state index >= 15 is 0 Å². The highest BCUT2D eigenvalue weighted by molar-refractivity contribution is 5.94. The summed E-state index contributed by atoms with van der Waals surface area (Å²) in [6.45, 7) is 5.96. The van der Waals surface area contributed by atoms with E-state index in [4.69, 9.17) is 19.8 Å². The van der Waals surface area contributed by atoms with Gasteiger partial charge in [-0.2, -0.15) is 31.4 Å². The Kier molecular flexibility index (Phi) is 10.0. The number of carboxylic acids is 2. The standard InChI is InChI=1S/C14H21N5O2.2C2HF3O2/c1-10(20)19-4-3-12-11(9-19)13(16-15-12)14(21)18-7-5-17(2)6-8-18;2*3-2(4,5)1(6)7/h3-9H2,1-2H3,(H,15,16);2*(H,6,7). The van der Waals surface area contributed by atoms with Gasteiger partial charge in [0, 0.05) is 63.9 Å². The van der Waals surface area contributed by atoms with E-state index in [9.17, 15) is 35.9 Å². The van der Waals surface area contributed by atoms with E-state index in [-0.39, 0.29) is 11.8 Å². The number of carbonyl (C=O) groups excluding carboxylic acids is 2. The molecule has 1 aromatic heterocycles. The smallest absolute Gasteiger partial charge is 0.475 e. The lowest BCUT2D eigenvalue weighted by Crippen LogP contribution is -2.47. The number of rotatable bonds is 1. The van der Waals surface area contributed by atoms with Crippen LogP contribution in [0, 0.1) is 0 Å². The molecule has 2 aliphatic rings. The summed E-state index contributed by atoms with van der Waals surface area (Å²) >= 11 is 0. The first kappa shape index (κ1) is 29.7. The Morgan fingerprint density at radius 1 is 0.857 bits per heavy atom. The normalized spacial score (nSPS) is 16.2. The Labute approximate surface area is 194 Å². The monoisotopic (exact) mass is 519 g/mol. The highest BCUT2D eigenvalue weighted by Gasteiger charge is 2.39. The van der Waals surface area contributed by atoms with Crippen LogP contribution in [-0.2, 0) is 27.3 Å². The van der Waals surface area contributed by atoms with Crippen molar-refractivity contribution < 1.29 is 55.7 Å². The van der Waals surface area contributed by atoms with Crippen LogP contribution in [0.3, 0.4) is 0 Å². The van der Waals surface area contributed by atoms with Crippen LogP contribution < -0.4 is 0 Å². The molecule has 0 spiro atoms. The zero-order chi connectivity index (χ0) is 27.1. The fourth-order valence-corrected chi connectivity index (χ4v) is 2.90. The van der Waals surface area contributed by atoms with E-state index in [2.05, 4.69) is 22.1 Å². The molecule has 1 fully saturated rings. The predicted molar refractivity (Wildman–Crippen MR) is 104 cm³/mol. The topological polar surface area (TPSA) is 147 Å². The number of H-pyrrole nitrogens is 1. The molecule has 17 heteroatoms. The van der Waals surface area contributed by atoms with Gasteiger partial charge in [-0.05, 0) is 7.05 Å². The van der Waals surface area contributed by atoms with E-state index in [1.54, 1.807) is 11.8 Å². The zero-order valence-electron chi connectivity index (χ0n) is 18.5. The molecule has 2 aliphatic heterocycles. The second-order valence-electron chi connectivity index (χ2n) is 7.42. The maximum Gasteiger partial charge on any atom is 0.490 e. The van der Waals surface area contributed by atoms with Gasteiger partial charge < -0.3 is 24.9 Å². The summed E-state index contributed by atoms with van der Waals surface area (Å²) in [5.74, 6) is -5.49. The van der Waals surface area contributed by atoms with Crippen LogP contribution >= 0.6 is 0 Å². The van der Waals surface area contributed by atoms with Gasteiger partial charge in [0.1, 0.15) is 0 Å². The van der Waals surface area contributed by atoms with Gasteiger partial charge >= 0.3 is 24.3 Å². The van der Waals surface area contributed by atoms with Crippen molar-refractivity contribution >= 4 is 23.8 Å². The number of carboxylic acid groups (broad SMARTS) is 2. The van der Waals surface area contributed by atoms with Gasteiger partial charge in [-0.1, -0.05) is 0 Å². The largest absolute Gasteiger partial charge is 0.490 e. The van der Waals surface area contributed by atoms with Gasteiger partial charge in [0.15, 0.2) is 5.69 Å². The predicted octanol–water partition coefficient (Wildman–Crippen LogP) is 0.969. The molecule has 3 N–H and O–H groups in total. The molecule has 0 unspecified atom stereocenters. The third kappa shape index (κ3) is 9.06. The van der Waals surface area contributed by atoms with Crippen molar-refractivity contribution in [1.82, 2.24) is 24.9 Å². The van der Waals surface area contributed by atoms with E-state index in [0.29, 0.717) is 18.8 Å². The van der Waals surface area contributed by atoms with Crippen LogP contribution in [0.25, 0.3) is 0 Å². The summed E-state index contributed by atoms with van der Waals surface area (Å²) in [5, 5.41) is 21.4. The first-order chi connectivity index (χ1) is 15.9. The van der Waals surface area contributed by atoms with Gasteiger partial charge in [-0.3, -0.25) is 14.7 Å². The molecule has 1 saturated heterocycles. The number of aromatic nitrogens is 2. The maximum atomic E-state index is 12.6. The van der Waals surface area contributed by atoms with Crippen molar-refractivity contribution in [2.45, 2.75) is 32.2 Å². The average Bonchev–Trinajstić information content (AvgIpc) is 3.16. The second-order valence-corrected chi connectivity index (χ2v) is 7.42. The van der Waals surface area contributed by atoms with Crippen molar-refractivity contribution in [1.29, 1.82) is 0 Å². The van der Waals surface area contributed by atoms with Crippen LogP contribution in [0.4, 0.5) is 26.3 Å². The zero-order valence-corrected chi connectivity index (χ0v) is 18.5. The lowest BCUT2D eigenvalue weighted by atomic mass is 10.0. The Hall–Kier alpha value is -3.37. The van der Waals surface area contributed by atoms with Gasteiger partial charge in [0.2, 0.25) is 5.91 Å². The molecule has 0 aromatic carbocycles. The van der Waals surface area contributed by atoms with Crippen LogP contribution in [0.1, 0.15) is 28.7 Å². The molecule has 198 valence electrons. The molecule has 11 nitrogen and oxygen atoms in total. The number of alkyl halides is 6. The number of halogens is 6. The molecule has 0 bridgehead atoms. The quantitative estimate of drug-likeness (QED) is 0.465. The minimum absolute atomic E-state index is 0.0222. The number of carbonyl (C=O) groups is 4. The number of hydrogen-bond donors (Lipinski definition) is 3. The highest BCUT2D eigenvalue weighted by Crippen LogP contribution is 2.22. The third-order valence-electron chi connectivity index (χ3n) is 4.86. The van der Waals surface area contributed by atoms with E-state index < -0.39 is 24.3 Å². The van der Waals surface area contributed by atoms with Crippen molar-refractivity contribution in [3.05, 3.63) is 17.0 Å². The molecular weight excluding hydrogens is 496 g/mol. The molecule has 3 heterocycles. The molecule has 3 rings (SSSR count). The summed E-state index contributed by atoms with van der Waals surface area (Å²) in [5.41, 5.74) is 2.37. The van der Waals surface area contributed by atoms with Crippen LogP contribution in [0.2, 0.25) is 0 Å². The second kappa shape index (κ2) is 11.9. The molecule has 35 heavy (non-hydrogen) atoms. The summed E-state index contributed by atoms with van der Waals surface area (Å²) in [6, 6.07) is 0. The number of nitrogens with one attached hydrogen (secondary N) is 1. The van der Waals surface area contributed by atoms with Crippen LogP contribution in [-0.4, -0.2) is 111 Å². The van der Waals surface area contributed by atoms with Crippen molar-refractivity contribution in [3.8, 4) is 0 Å². The van der Waals surface area contributed by atoms with E-state index in [0.717, 1.165) is 43.9 Å². The number of piperazine rings is 1. The Morgan fingerprint density at radius 3 is 1.71 bits per heavy atom. The van der Waals surface area contributed by atoms with Crippen molar-refractivity contribution in [2.24, 2.45) is 0 Å². The minimum Gasteiger partial charge on any atom is -0.475 e. The van der Waals surface area contributed by atoms with Crippen molar-refractivity contribution in [2.75, 3.05) is 39.8 Å². The van der Waals surface area contributed by atoms with Crippen LogP contribution in [0.15, 0.2) is 0 Å². The number of aliphatic carboxylic acids is 2. The van der Waals surface area contributed by atoms with Gasteiger partial charge in [-0.15, -0.1) is 0 Å². The van der Waals surface area contributed by atoms with Gasteiger partial charge in [-0.25, -0.2) is 9.59 Å². The lowest BCUT2D eigenvalue weighted by Gasteiger charge is -2.32. The Bertz CT molecular complexity index is 900. The molecule has 1 aromatic rings. The number of likely N-dealkylation sites (N-methyl/N-ethyl adjacent to an activating group) is 1. The summed E-state index contributed by atoms with van der Waals surface area (Å²) < 4.78 is 63.5. The average molecular weight is 519 g/mol. The molecule has 0 atom stereocenters. The fraction of sp³-hybridized carbons (Fsp3) is 0.611. The number of hydrogen-bond acceptors (Lipinski definition) is 6. The summed E-state index contributed by atoms with van der Waals surface area (Å²) in [4.78, 5) is 47.8. The third-order valence-corrected chi connectivity index (χ3v) is 4.86. The fourth-order valence-electron chi connectivity index (χ4n) is 2.90. The SMILES string of the molecule is CC(=O)N1CCc2[nH]nc(C(=O)N3CCN(C)CC3)c2C1.O=C(O)C(F)(F)F.O=C(O)C(F)(F)F. The maximum absolute atomic E-state index is 12.6. The van der Waals surface area contributed by atoms with Crippen LogP contribution in [0.5, 0.6) is 0 Å². The first-order valence-electron chi connectivity index (χ1n) is 9.84. The first-order valence-corrected chi connectivity index (χ1v) is 9.84.